The summed E-state index contributed by atoms with van der Waals surface area (Å²) in [7, 11) is 3.61. The van der Waals surface area contributed by atoms with E-state index < -0.39 is 0 Å². The van der Waals surface area contributed by atoms with Crippen LogP contribution >= 0.6 is 0 Å². The third-order valence-corrected chi connectivity index (χ3v) is 14.1. The van der Waals surface area contributed by atoms with Crippen molar-refractivity contribution in [2.24, 2.45) is 0 Å². The summed E-state index contributed by atoms with van der Waals surface area (Å²) in [5.41, 5.74) is 17.7. The molecular weight excluding hydrogens is 855 g/mol. The highest BCUT2D eigenvalue weighted by Crippen LogP contribution is 2.46. The third-order valence-electron chi connectivity index (χ3n) is 14.1. The molecule has 11 aromatic rings. The lowest BCUT2D eigenvalue weighted by Crippen LogP contribution is -2.13. The summed E-state index contributed by atoms with van der Waals surface area (Å²) >= 11 is 0. The molecule has 0 atom stereocenters. The molecule has 5 heteroatoms. The Morgan fingerprint density at radius 3 is 1.04 bits per heavy atom. The van der Waals surface area contributed by atoms with Crippen LogP contribution in [0.3, 0.4) is 0 Å². The van der Waals surface area contributed by atoms with E-state index in [-0.39, 0.29) is 10.8 Å². The molecular formula is C65H59N3O2. The van der Waals surface area contributed by atoms with Crippen LogP contribution in [0.25, 0.3) is 77.2 Å². The molecule has 0 aliphatic heterocycles. The Hall–Kier alpha value is -7.89. The van der Waals surface area contributed by atoms with Gasteiger partial charge in [-0.05, 0) is 105 Å². The fourth-order valence-electron chi connectivity index (χ4n) is 10.6. The fourth-order valence-corrected chi connectivity index (χ4v) is 10.6. The number of rotatable bonds is 10. The number of pyridine rings is 1. The molecule has 11 rings (SSSR count). The van der Waals surface area contributed by atoms with Gasteiger partial charge in [0.2, 0.25) is 0 Å². The van der Waals surface area contributed by atoms with Crippen molar-refractivity contribution in [1.29, 1.82) is 0 Å². The maximum atomic E-state index is 6.52. The van der Waals surface area contributed by atoms with Crippen molar-refractivity contribution in [3.8, 4) is 45.1 Å². The van der Waals surface area contributed by atoms with Crippen LogP contribution in [0.5, 0.6) is 11.5 Å². The normalized spacial score (nSPS) is 12.1. The fraction of sp³-hybridized carbons (Fsp3) is 0.185. The second-order valence-corrected chi connectivity index (χ2v) is 20.7. The van der Waals surface area contributed by atoms with Gasteiger partial charge in [0.05, 0.1) is 47.7 Å². The number of hydrogen-bond acceptors (Lipinski definition) is 3. The van der Waals surface area contributed by atoms with Gasteiger partial charge in [0, 0.05) is 56.9 Å². The van der Waals surface area contributed by atoms with Crippen molar-refractivity contribution in [1.82, 2.24) is 14.1 Å². The van der Waals surface area contributed by atoms with Crippen LogP contribution < -0.4 is 9.47 Å². The van der Waals surface area contributed by atoms with Crippen LogP contribution in [0.2, 0.25) is 0 Å². The number of aromatic nitrogens is 3. The van der Waals surface area contributed by atoms with E-state index in [1.165, 1.54) is 43.8 Å². The Morgan fingerprint density at radius 1 is 0.371 bits per heavy atom. The highest BCUT2D eigenvalue weighted by atomic mass is 16.5. The van der Waals surface area contributed by atoms with Crippen LogP contribution in [0.15, 0.2) is 188 Å². The Kier molecular flexibility index (Phi) is 11.2. The average Bonchev–Trinajstić information content (AvgIpc) is 3.88. The van der Waals surface area contributed by atoms with Crippen molar-refractivity contribution in [3.05, 3.63) is 222 Å². The SMILES string of the molecule is COc1c(-c2ccccc2Cc2cccc(Cc3ccccc3-c3cc(C(C)(C)C)cc(-n4c5ccccc5c5ccccc54)c3OC)n2)cc(C(C)(C)C)cc1-n1c2ccccc2c2ccccc21. The minimum absolute atomic E-state index is 0.125. The molecule has 0 spiro atoms. The topological polar surface area (TPSA) is 41.2 Å². The third kappa shape index (κ3) is 7.80. The first-order valence-electron chi connectivity index (χ1n) is 24.4. The van der Waals surface area contributed by atoms with Gasteiger partial charge in [-0.15, -0.1) is 0 Å². The summed E-state index contributed by atoms with van der Waals surface area (Å²) < 4.78 is 17.8. The quantitative estimate of drug-likeness (QED) is 0.137. The van der Waals surface area contributed by atoms with E-state index in [2.05, 4.69) is 239 Å². The highest BCUT2D eigenvalue weighted by molar-refractivity contribution is 6.10. The van der Waals surface area contributed by atoms with E-state index in [0.29, 0.717) is 12.8 Å². The second kappa shape index (κ2) is 17.6. The van der Waals surface area contributed by atoms with Gasteiger partial charge >= 0.3 is 0 Å². The van der Waals surface area contributed by atoms with Crippen LogP contribution in [0.1, 0.15) is 75.2 Å². The molecule has 0 amide bonds. The number of nitrogens with zero attached hydrogens (tertiary/aromatic N) is 3. The minimum atomic E-state index is -0.125. The van der Waals surface area contributed by atoms with Crippen molar-refractivity contribution >= 4 is 43.6 Å². The molecule has 5 nitrogen and oxygen atoms in total. The molecule has 346 valence electrons. The van der Waals surface area contributed by atoms with Gasteiger partial charge in [0.25, 0.3) is 0 Å². The van der Waals surface area contributed by atoms with Crippen molar-refractivity contribution < 1.29 is 9.47 Å². The summed E-state index contributed by atoms with van der Waals surface area (Å²) in [5.74, 6) is 1.69. The molecule has 0 aliphatic carbocycles. The summed E-state index contributed by atoms with van der Waals surface area (Å²) in [4.78, 5) is 5.41. The van der Waals surface area contributed by atoms with E-state index in [9.17, 15) is 0 Å². The molecule has 0 saturated carbocycles. The van der Waals surface area contributed by atoms with E-state index >= 15 is 0 Å². The Labute approximate surface area is 411 Å². The lowest BCUT2D eigenvalue weighted by atomic mass is 9.83. The lowest BCUT2D eigenvalue weighted by Gasteiger charge is -2.25. The summed E-state index contributed by atoms with van der Waals surface area (Å²) in [6.07, 6.45) is 1.31. The zero-order valence-corrected chi connectivity index (χ0v) is 41.5. The van der Waals surface area contributed by atoms with E-state index in [4.69, 9.17) is 14.5 Å². The average molecular weight is 914 g/mol. The Balaban J connectivity index is 0.996. The number of hydrogen-bond donors (Lipinski definition) is 0. The first kappa shape index (κ1) is 44.6. The van der Waals surface area contributed by atoms with Gasteiger partial charge in [0.1, 0.15) is 0 Å². The standard InChI is InChI=1S/C65H59N3O2/c1-64(2,3)44-38-54(62(69-7)60(40-44)67-56-32-17-13-28-50(56)51-29-14-18-33-57(51)67)48-26-11-9-22-42(48)36-46-24-21-25-47(66-46)37-43-23-10-12-27-49(43)55-39-45(65(4,5)6)41-61(63(55)70-8)68-58-34-19-15-30-52(58)53-31-16-20-35-59(53)68/h9-35,38-41H,36-37H2,1-8H3. The zero-order valence-electron chi connectivity index (χ0n) is 41.5. The van der Waals surface area contributed by atoms with E-state index in [1.807, 2.05) is 0 Å². The number of ether oxygens (including phenoxy) is 2. The number of para-hydroxylation sites is 4. The maximum absolute atomic E-state index is 6.52. The highest BCUT2D eigenvalue weighted by Gasteiger charge is 2.27. The van der Waals surface area contributed by atoms with Crippen LogP contribution in [0.4, 0.5) is 0 Å². The summed E-state index contributed by atoms with van der Waals surface area (Å²) in [6.45, 7) is 13.7. The van der Waals surface area contributed by atoms with Crippen LogP contribution in [0, 0.1) is 0 Å². The van der Waals surface area contributed by atoms with Gasteiger partial charge in [-0.2, -0.15) is 0 Å². The molecule has 3 aromatic heterocycles. The predicted molar refractivity (Wildman–Crippen MR) is 293 cm³/mol. The molecule has 0 bridgehead atoms. The molecule has 0 aliphatic rings. The summed E-state index contributed by atoms with van der Waals surface area (Å²) in [5, 5.41) is 4.88. The van der Waals surface area contributed by atoms with Crippen molar-refractivity contribution in [2.45, 2.75) is 65.2 Å². The zero-order chi connectivity index (χ0) is 48.3. The van der Waals surface area contributed by atoms with Crippen molar-refractivity contribution in [3.63, 3.8) is 0 Å². The first-order chi connectivity index (χ1) is 33.9. The molecule has 0 radical (unpaired) electrons. The van der Waals surface area contributed by atoms with Crippen LogP contribution in [-0.4, -0.2) is 28.3 Å². The molecule has 70 heavy (non-hydrogen) atoms. The maximum Gasteiger partial charge on any atom is 0.150 e. The molecule has 8 aromatic carbocycles. The largest absolute Gasteiger partial charge is 0.494 e. The molecule has 3 heterocycles. The van der Waals surface area contributed by atoms with E-state index in [1.54, 1.807) is 14.2 Å². The molecule has 0 saturated heterocycles. The van der Waals surface area contributed by atoms with Crippen LogP contribution in [-0.2, 0) is 23.7 Å². The van der Waals surface area contributed by atoms with E-state index in [0.717, 1.165) is 78.6 Å². The molecule has 0 unspecified atom stereocenters. The number of fused-ring (bicyclic) bond motifs is 6. The number of methoxy groups -OCH3 is 2. The van der Waals surface area contributed by atoms with Gasteiger partial charge in [-0.1, -0.05) is 169 Å². The molecule has 0 N–H and O–H groups in total. The van der Waals surface area contributed by atoms with Gasteiger partial charge < -0.3 is 18.6 Å². The summed E-state index contributed by atoms with van der Waals surface area (Å²) in [6, 6.07) is 68.0. The van der Waals surface area contributed by atoms with Gasteiger partial charge in [0.15, 0.2) is 11.5 Å². The second-order valence-electron chi connectivity index (χ2n) is 20.7. The first-order valence-corrected chi connectivity index (χ1v) is 24.4. The minimum Gasteiger partial charge on any atom is -0.494 e. The monoisotopic (exact) mass is 913 g/mol. The Bertz CT molecular complexity index is 3430. The predicted octanol–water partition coefficient (Wildman–Crippen LogP) is 16.4. The number of benzene rings is 8. The van der Waals surface area contributed by atoms with Gasteiger partial charge in [-0.25, -0.2) is 0 Å². The van der Waals surface area contributed by atoms with Crippen molar-refractivity contribution in [2.75, 3.05) is 14.2 Å². The van der Waals surface area contributed by atoms with Gasteiger partial charge in [-0.3, -0.25) is 4.98 Å². The molecule has 0 fully saturated rings. The smallest absolute Gasteiger partial charge is 0.150 e. The Morgan fingerprint density at radius 2 is 0.700 bits per heavy atom. The lowest BCUT2D eigenvalue weighted by molar-refractivity contribution is 0.414.